The minimum Gasteiger partial charge on any atom is -0.496 e. The molecule has 0 fully saturated rings. The summed E-state index contributed by atoms with van der Waals surface area (Å²) in [5.74, 6) is -0.454. The highest BCUT2D eigenvalue weighted by Crippen LogP contribution is 2.25. The number of ether oxygens (including phenoxy) is 1. The van der Waals surface area contributed by atoms with Gasteiger partial charge >= 0.3 is 0 Å². The van der Waals surface area contributed by atoms with Crippen molar-refractivity contribution in [3.63, 3.8) is 0 Å². The predicted octanol–water partition coefficient (Wildman–Crippen LogP) is 2.62. The smallest absolute Gasteiger partial charge is 0.182 e. The maximum Gasteiger partial charge on any atom is 0.182 e. The van der Waals surface area contributed by atoms with Gasteiger partial charge in [0.05, 0.1) is 17.8 Å². The Bertz CT molecular complexity index is 752. The van der Waals surface area contributed by atoms with E-state index in [2.05, 4.69) is 0 Å². The molecule has 0 amide bonds. The molecule has 0 saturated heterocycles. The average molecular weight is 308 g/mol. The summed E-state index contributed by atoms with van der Waals surface area (Å²) >= 11 is 0. The van der Waals surface area contributed by atoms with Gasteiger partial charge in [0.25, 0.3) is 0 Å². The highest BCUT2D eigenvalue weighted by atomic mass is 32.2. The summed E-state index contributed by atoms with van der Waals surface area (Å²) in [6.07, 6.45) is 0.632. The Kier molecular flexibility index (Phi) is 4.37. The van der Waals surface area contributed by atoms with E-state index in [1.165, 1.54) is 25.3 Å². The van der Waals surface area contributed by atoms with E-state index in [0.717, 1.165) is 12.1 Å². The van der Waals surface area contributed by atoms with Crippen molar-refractivity contribution in [1.82, 2.24) is 0 Å². The molecule has 0 atom stereocenters. The molecule has 2 rings (SSSR count). The predicted molar refractivity (Wildman–Crippen MR) is 75.7 cm³/mol. The highest BCUT2D eigenvalue weighted by Gasteiger charge is 2.18. The van der Waals surface area contributed by atoms with Crippen LogP contribution in [0, 0.1) is 5.82 Å². The first kappa shape index (κ1) is 15.2. The van der Waals surface area contributed by atoms with Gasteiger partial charge in [0.15, 0.2) is 9.84 Å². The molecule has 0 heterocycles. The third-order valence-corrected chi connectivity index (χ3v) is 4.64. The molecule has 0 aliphatic rings. The van der Waals surface area contributed by atoms with Crippen LogP contribution in [0.15, 0.2) is 47.4 Å². The van der Waals surface area contributed by atoms with Gasteiger partial charge in [-0.2, -0.15) is 0 Å². The van der Waals surface area contributed by atoms with Crippen molar-refractivity contribution in [2.45, 2.75) is 10.6 Å². The van der Waals surface area contributed by atoms with Crippen molar-refractivity contribution in [2.24, 2.45) is 0 Å². The van der Waals surface area contributed by atoms with Crippen molar-refractivity contribution in [2.75, 3.05) is 7.11 Å². The number of aldehydes is 1. The molecular weight excluding hydrogens is 295 g/mol. The van der Waals surface area contributed by atoms with Gasteiger partial charge in [-0.3, -0.25) is 4.79 Å². The van der Waals surface area contributed by atoms with Crippen LogP contribution in [0.4, 0.5) is 4.39 Å². The molecule has 2 aromatic rings. The Morgan fingerprint density at radius 2 is 1.81 bits per heavy atom. The molecule has 21 heavy (non-hydrogen) atoms. The highest BCUT2D eigenvalue weighted by molar-refractivity contribution is 7.90. The van der Waals surface area contributed by atoms with Crippen LogP contribution in [0.3, 0.4) is 0 Å². The van der Waals surface area contributed by atoms with Gasteiger partial charge in [-0.25, -0.2) is 12.8 Å². The third kappa shape index (κ3) is 3.46. The molecular formula is C15H13FO4S. The molecule has 110 valence electrons. The largest absolute Gasteiger partial charge is 0.496 e. The van der Waals surface area contributed by atoms with Gasteiger partial charge < -0.3 is 4.74 Å². The molecule has 0 aliphatic heterocycles. The zero-order valence-electron chi connectivity index (χ0n) is 11.2. The quantitative estimate of drug-likeness (QED) is 0.629. The van der Waals surface area contributed by atoms with Crippen LogP contribution in [0.2, 0.25) is 0 Å². The molecule has 0 aromatic heterocycles. The lowest BCUT2D eigenvalue weighted by molar-refractivity contribution is 0.112. The third-order valence-electron chi connectivity index (χ3n) is 2.96. The average Bonchev–Trinajstić information content (AvgIpc) is 2.47. The second-order valence-corrected chi connectivity index (χ2v) is 6.39. The summed E-state index contributed by atoms with van der Waals surface area (Å²) in [5.41, 5.74) is 0.742. The van der Waals surface area contributed by atoms with Crippen LogP contribution in [0.25, 0.3) is 0 Å². The standard InChI is InChI=1S/C15H13FO4S/c1-20-15-7-2-11(9-17)8-12(15)10-21(18,19)14-5-3-13(16)4-6-14/h2-9H,10H2,1H3. The number of hydrogen-bond donors (Lipinski definition) is 0. The lowest BCUT2D eigenvalue weighted by Gasteiger charge is -2.10. The van der Waals surface area contributed by atoms with Crippen molar-refractivity contribution in [3.05, 3.63) is 59.4 Å². The number of sulfone groups is 1. The number of hydrogen-bond acceptors (Lipinski definition) is 4. The van der Waals surface area contributed by atoms with E-state index in [1.54, 1.807) is 12.1 Å². The summed E-state index contributed by atoms with van der Waals surface area (Å²) in [6.45, 7) is 0. The number of methoxy groups -OCH3 is 1. The number of carbonyl (C=O) groups is 1. The zero-order valence-corrected chi connectivity index (χ0v) is 12.1. The van der Waals surface area contributed by atoms with E-state index in [9.17, 15) is 17.6 Å². The Morgan fingerprint density at radius 3 is 2.38 bits per heavy atom. The van der Waals surface area contributed by atoms with E-state index < -0.39 is 15.7 Å². The van der Waals surface area contributed by atoms with E-state index in [0.29, 0.717) is 23.2 Å². The van der Waals surface area contributed by atoms with Crippen molar-refractivity contribution in [3.8, 4) is 5.75 Å². The molecule has 0 radical (unpaired) electrons. The second-order valence-electron chi connectivity index (χ2n) is 4.40. The Hall–Kier alpha value is -2.21. The fraction of sp³-hybridized carbons (Fsp3) is 0.133. The summed E-state index contributed by atoms with van der Waals surface area (Å²) in [5, 5.41) is 0. The maximum atomic E-state index is 12.9. The van der Waals surface area contributed by atoms with Crippen LogP contribution in [0.1, 0.15) is 15.9 Å². The first-order chi connectivity index (χ1) is 9.96. The van der Waals surface area contributed by atoms with E-state index in [1.807, 2.05) is 0 Å². The molecule has 2 aromatic carbocycles. The molecule has 0 unspecified atom stereocenters. The fourth-order valence-electron chi connectivity index (χ4n) is 1.91. The van der Waals surface area contributed by atoms with Crippen molar-refractivity contribution >= 4 is 16.1 Å². The van der Waals surface area contributed by atoms with Crippen LogP contribution in [0.5, 0.6) is 5.75 Å². The van der Waals surface area contributed by atoms with Crippen LogP contribution in [-0.2, 0) is 15.6 Å². The van der Waals surface area contributed by atoms with Gasteiger partial charge in [0, 0.05) is 11.1 Å². The lowest BCUT2D eigenvalue weighted by Crippen LogP contribution is -2.07. The number of carbonyl (C=O) groups excluding carboxylic acids is 1. The van der Waals surface area contributed by atoms with Crippen LogP contribution in [-0.4, -0.2) is 21.8 Å². The summed E-state index contributed by atoms with van der Waals surface area (Å²) in [6, 6.07) is 9.14. The Balaban J connectivity index is 2.40. The van der Waals surface area contributed by atoms with Crippen LogP contribution < -0.4 is 4.74 Å². The van der Waals surface area contributed by atoms with Crippen molar-refractivity contribution < 1.29 is 22.3 Å². The molecule has 4 nitrogen and oxygen atoms in total. The monoisotopic (exact) mass is 308 g/mol. The lowest BCUT2D eigenvalue weighted by atomic mass is 10.1. The summed E-state index contributed by atoms with van der Waals surface area (Å²) in [7, 11) is -2.23. The molecule has 0 aliphatic carbocycles. The summed E-state index contributed by atoms with van der Waals surface area (Å²) < 4.78 is 42.6. The van der Waals surface area contributed by atoms with Gasteiger partial charge in [-0.05, 0) is 42.5 Å². The summed E-state index contributed by atoms with van der Waals surface area (Å²) in [4.78, 5) is 10.8. The normalized spacial score (nSPS) is 11.1. The van der Waals surface area contributed by atoms with E-state index in [4.69, 9.17) is 4.74 Å². The molecule has 0 spiro atoms. The number of halogens is 1. The maximum absolute atomic E-state index is 12.9. The van der Waals surface area contributed by atoms with Gasteiger partial charge in [0.2, 0.25) is 0 Å². The van der Waals surface area contributed by atoms with E-state index >= 15 is 0 Å². The SMILES string of the molecule is COc1ccc(C=O)cc1CS(=O)(=O)c1ccc(F)cc1. The van der Waals surface area contributed by atoms with Gasteiger partial charge in [-0.15, -0.1) is 0 Å². The second kappa shape index (κ2) is 6.05. The number of rotatable bonds is 5. The minimum atomic E-state index is -3.65. The topological polar surface area (TPSA) is 60.4 Å². The molecule has 0 saturated carbocycles. The fourth-order valence-corrected chi connectivity index (χ4v) is 3.27. The molecule has 0 bridgehead atoms. The van der Waals surface area contributed by atoms with Gasteiger partial charge in [0.1, 0.15) is 17.9 Å². The Labute approximate surface area is 122 Å². The van der Waals surface area contributed by atoms with Gasteiger partial charge in [-0.1, -0.05) is 0 Å². The zero-order chi connectivity index (χ0) is 15.5. The molecule has 6 heteroatoms. The van der Waals surface area contributed by atoms with Crippen LogP contribution >= 0.6 is 0 Å². The number of benzene rings is 2. The van der Waals surface area contributed by atoms with E-state index in [-0.39, 0.29) is 10.6 Å². The Morgan fingerprint density at radius 1 is 1.14 bits per heavy atom. The van der Waals surface area contributed by atoms with Crippen molar-refractivity contribution in [1.29, 1.82) is 0 Å². The first-order valence-corrected chi connectivity index (χ1v) is 7.72. The first-order valence-electron chi connectivity index (χ1n) is 6.06. The minimum absolute atomic E-state index is 0.0162. The molecule has 0 N–H and O–H groups in total.